The Hall–Kier alpha value is -1.71. The highest BCUT2D eigenvalue weighted by Crippen LogP contribution is 2.17. The summed E-state index contributed by atoms with van der Waals surface area (Å²) in [5, 5.41) is 0. The molecule has 0 bridgehead atoms. The standard InChI is InChI=1S/C11H10FNO2/c12-9-4-1-5-13-10(9)11(14)8-3-2-6-15-7-8/h1,4-5,7H,2-3,6H2. The Kier molecular flexibility index (Phi) is 2.76. The summed E-state index contributed by atoms with van der Waals surface area (Å²) in [6.45, 7) is 0.613. The summed E-state index contributed by atoms with van der Waals surface area (Å²) in [4.78, 5) is 15.5. The number of nitrogens with zero attached hydrogens (tertiary/aromatic N) is 1. The van der Waals surface area contributed by atoms with Crippen molar-refractivity contribution >= 4 is 5.78 Å². The smallest absolute Gasteiger partial charge is 0.213 e. The van der Waals surface area contributed by atoms with Crippen LogP contribution in [0.2, 0.25) is 0 Å². The third-order valence-corrected chi connectivity index (χ3v) is 2.20. The van der Waals surface area contributed by atoms with Crippen LogP contribution in [-0.4, -0.2) is 17.4 Å². The summed E-state index contributed by atoms with van der Waals surface area (Å²) < 4.78 is 18.3. The van der Waals surface area contributed by atoms with E-state index >= 15 is 0 Å². The normalized spacial score (nSPS) is 15.4. The number of halogens is 1. The number of carbonyl (C=O) groups is 1. The molecule has 3 nitrogen and oxygen atoms in total. The molecule has 0 amide bonds. The van der Waals surface area contributed by atoms with Crippen LogP contribution in [0.15, 0.2) is 30.2 Å². The monoisotopic (exact) mass is 207 g/mol. The van der Waals surface area contributed by atoms with Gasteiger partial charge in [0, 0.05) is 11.8 Å². The van der Waals surface area contributed by atoms with Crippen molar-refractivity contribution < 1.29 is 13.9 Å². The minimum absolute atomic E-state index is 0.130. The third kappa shape index (κ3) is 2.03. The molecular formula is C11H10FNO2. The van der Waals surface area contributed by atoms with E-state index in [9.17, 15) is 9.18 Å². The predicted molar refractivity (Wildman–Crippen MR) is 51.8 cm³/mol. The van der Waals surface area contributed by atoms with E-state index in [0.29, 0.717) is 18.6 Å². The summed E-state index contributed by atoms with van der Waals surface area (Å²) in [5.41, 5.74) is 0.355. The van der Waals surface area contributed by atoms with Crippen LogP contribution < -0.4 is 0 Å². The second-order valence-electron chi connectivity index (χ2n) is 3.28. The molecule has 1 aromatic rings. The molecule has 0 aliphatic carbocycles. The molecule has 1 aliphatic heterocycles. The SMILES string of the molecule is O=C(C1=COCCC1)c1ncccc1F. The minimum Gasteiger partial charge on any atom is -0.501 e. The van der Waals surface area contributed by atoms with Crippen molar-refractivity contribution in [1.29, 1.82) is 0 Å². The second kappa shape index (κ2) is 4.21. The van der Waals surface area contributed by atoms with Gasteiger partial charge in [0.15, 0.2) is 5.82 Å². The van der Waals surface area contributed by atoms with Crippen molar-refractivity contribution in [2.24, 2.45) is 0 Å². The largest absolute Gasteiger partial charge is 0.501 e. The molecule has 0 atom stereocenters. The fraction of sp³-hybridized carbons (Fsp3) is 0.273. The minimum atomic E-state index is -0.589. The molecule has 0 aromatic carbocycles. The second-order valence-corrected chi connectivity index (χ2v) is 3.28. The number of aromatic nitrogens is 1. The van der Waals surface area contributed by atoms with Crippen LogP contribution in [-0.2, 0) is 4.74 Å². The Balaban J connectivity index is 2.28. The summed E-state index contributed by atoms with van der Waals surface area (Å²) >= 11 is 0. The van der Waals surface area contributed by atoms with Crippen LogP contribution >= 0.6 is 0 Å². The van der Waals surface area contributed by atoms with E-state index in [1.54, 1.807) is 0 Å². The van der Waals surface area contributed by atoms with Crippen LogP contribution in [0, 0.1) is 5.82 Å². The number of carbonyl (C=O) groups excluding carboxylic acids is 1. The molecule has 78 valence electrons. The van der Waals surface area contributed by atoms with Gasteiger partial charge in [-0.15, -0.1) is 0 Å². The predicted octanol–water partition coefficient (Wildman–Crippen LogP) is 2.10. The molecule has 1 aromatic heterocycles. The molecular weight excluding hydrogens is 197 g/mol. The van der Waals surface area contributed by atoms with Gasteiger partial charge in [-0.1, -0.05) is 0 Å². The zero-order valence-electron chi connectivity index (χ0n) is 8.07. The number of ketones is 1. The van der Waals surface area contributed by atoms with Crippen LogP contribution in [0.5, 0.6) is 0 Å². The first-order valence-corrected chi connectivity index (χ1v) is 4.75. The highest BCUT2D eigenvalue weighted by molar-refractivity contribution is 6.07. The summed E-state index contributed by atoms with van der Waals surface area (Å²) in [6, 6.07) is 2.68. The van der Waals surface area contributed by atoms with Gasteiger partial charge in [-0.2, -0.15) is 0 Å². The lowest BCUT2D eigenvalue weighted by Gasteiger charge is -2.12. The lowest BCUT2D eigenvalue weighted by molar-refractivity contribution is 0.100. The van der Waals surface area contributed by atoms with E-state index in [-0.39, 0.29) is 11.5 Å². The average Bonchev–Trinajstić information content (AvgIpc) is 2.30. The van der Waals surface area contributed by atoms with E-state index in [0.717, 1.165) is 6.42 Å². The molecule has 2 heterocycles. The molecule has 0 N–H and O–H groups in total. The van der Waals surface area contributed by atoms with Gasteiger partial charge < -0.3 is 4.74 Å². The lowest BCUT2D eigenvalue weighted by Crippen LogP contribution is -2.12. The maximum Gasteiger partial charge on any atom is 0.213 e. The van der Waals surface area contributed by atoms with E-state index in [2.05, 4.69) is 4.98 Å². The van der Waals surface area contributed by atoms with Gasteiger partial charge in [0.05, 0.1) is 12.9 Å². The lowest BCUT2D eigenvalue weighted by atomic mass is 10.0. The highest BCUT2D eigenvalue weighted by Gasteiger charge is 2.19. The number of Topliss-reactive ketones (excluding diaryl/α,β-unsaturated/α-hetero) is 1. The third-order valence-electron chi connectivity index (χ3n) is 2.20. The van der Waals surface area contributed by atoms with Gasteiger partial charge in [-0.05, 0) is 25.0 Å². The van der Waals surface area contributed by atoms with Gasteiger partial charge in [0.2, 0.25) is 5.78 Å². The van der Waals surface area contributed by atoms with E-state index in [1.807, 2.05) is 0 Å². The summed E-state index contributed by atoms with van der Waals surface area (Å²) in [6.07, 6.45) is 4.21. The highest BCUT2D eigenvalue weighted by atomic mass is 19.1. The van der Waals surface area contributed by atoms with E-state index < -0.39 is 5.82 Å². The Morgan fingerprint density at radius 2 is 2.40 bits per heavy atom. The Morgan fingerprint density at radius 3 is 3.07 bits per heavy atom. The molecule has 15 heavy (non-hydrogen) atoms. The number of hydrogen-bond acceptors (Lipinski definition) is 3. The maximum absolute atomic E-state index is 13.2. The number of rotatable bonds is 2. The van der Waals surface area contributed by atoms with Gasteiger partial charge in [0.1, 0.15) is 5.69 Å². The van der Waals surface area contributed by atoms with Crippen molar-refractivity contribution in [2.75, 3.05) is 6.61 Å². The molecule has 0 saturated carbocycles. The Labute approximate surface area is 86.6 Å². The number of pyridine rings is 1. The van der Waals surface area contributed by atoms with Crippen LogP contribution in [0.25, 0.3) is 0 Å². The van der Waals surface area contributed by atoms with Crippen molar-refractivity contribution in [3.05, 3.63) is 41.7 Å². The molecule has 1 aliphatic rings. The first-order chi connectivity index (χ1) is 7.29. The molecule has 4 heteroatoms. The average molecular weight is 207 g/mol. The maximum atomic E-state index is 13.2. The van der Waals surface area contributed by atoms with Crippen LogP contribution in [0.4, 0.5) is 4.39 Å². The van der Waals surface area contributed by atoms with Crippen molar-refractivity contribution in [2.45, 2.75) is 12.8 Å². The molecule has 0 fully saturated rings. The zero-order valence-corrected chi connectivity index (χ0v) is 8.07. The molecule has 0 unspecified atom stereocenters. The van der Waals surface area contributed by atoms with Crippen molar-refractivity contribution in [1.82, 2.24) is 4.98 Å². The quantitative estimate of drug-likeness (QED) is 0.697. The van der Waals surface area contributed by atoms with Gasteiger partial charge in [0.25, 0.3) is 0 Å². The fourth-order valence-electron chi connectivity index (χ4n) is 1.44. The molecule has 0 saturated heterocycles. The van der Waals surface area contributed by atoms with Gasteiger partial charge in [-0.25, -0.2) is 9.37 Å². The van der Waals surface area contributed by atoms with Gasteiger partial charge in [-0.3, -0.25) is 4.79 Å². The molecule has 0 spiro atoms. The topological polar surface area (TPSA) is 39.2 Å². The number of ether oxygens (including phenoxy) is 1. The number of hydrogen-bond donors (Lipinski definition) is 0. The Bertz CT molecular complexity index is 415. The summed E-state index contributed by atoms with van der Waals surface area (Å²) in [5.74, 6) is -0.971. The molecule has 2 rings (SSSR count). The summed E-state index contributed by atoms with van der Waals surface area (Å²) in [7, 11) is 0. The fourth-order valence-corrected chi connectivity index (χ4v) is 1.44. The number of allylic oxidation sites excluding steroid dienone is 1. The zero-order chi connectivity index (χ0) is 10.7. The van der Waals surface area contributed by atoms with Crippen molar-refractivity contribution in [3.63, 3.8) is 0 Å². The Morgan fingerprint density at radius 1 is 1.53 bits per heavy atom. The first-order valence-electron chi connectivity index (χ1n) is 4.75. The van der Waals surface area contributed by atoms with Crippen LogP contribution in [0.3, 0.4) is 0 Å². The van der Waals surface area contributed by atoms with Gasteiger partial charge >= 0.3 is 0 Å². The van der Waals surface area contributed by atoms with Crippen LogP contribution in [0.1, 0.15) is 23.3 Å². The molecule has 0 radical (unpaired) electrons. The van der Waals surface area contributed by atoms with E-state index in [4.69, 9.17) is 4.74 Å². The van der Waals surface area contributed by atoms with Crippen molar-refractivity contribution in [3.8, 4) is 0 Å². The van der Waals surface area contributed by atoms with E-state index in [1.165, 1.54) is 24.6 Å². The first kappa shape index (κ1) is 9.83.